The van der Waals surface area contributed by atoms with Crippen molar-refractivity contribution in [3.8, 4) is 11.5 Å². The smallest absolute Gasteiger partial charge is 0.262 e. The molecule has 9 nitrogen and oxygen atoms in total. The minimum atomic E-state index is -0.606. The van der Waals surface area contributed by atoms with Gasteiger partial charge in [-0.05, 0) is 60.2 Å². The first-order valence-electron chi connectivity index (χ1n) is 10.6. The molecule has 0 fully saturated rings. The van der Waals surface area contributed by atoms with Crippen molar-refractivity contribution in [2.45, 2.75) is 6.42 Å². The van der Waals surface area contributed by atoms with Crippen molar-refractivity contribution in [1.29, 1.82) is 0 Å². The topological polar surface area (TPSA) is 118 Å². The van der Waals surface area contributed by atoms with Crippen molar-refractivity contribution in [3.63, 3.8) is 0 Å². The van der Waals surface area contributed by atoms with E-state index in [0.717, 1.165) is 0 Å². The Balaban J connectivity index is 1.48. The predicted octanol–water partition coefficient (Wildman–Crippen LogP) is 3.98. The number of hydrogen-bond acceptors (Lipinski definition) is 6. The lowest BCUT2D eigenvalue weighted by atomic mass is 10.2. The molecule has 3 aromatic carbocycles. The second kappa shape index (κ2) is 12.9. The molecule has 0 saturated heterocycles. The number of halogens is 2. The highest BCUT2D eigenvalue weighted by Crippen LogP contribution is 2.27. The Labute approximate surface area is 211 Å². The van der Waals surface area contributed by atoms with Gasteiger partial charge in [0, 0.05) is 10.7 Å². The summed E-state index contributed by atoms with van der Waals surface area (Å²) in [6, 6.07) is 17.0. The van der Waals surface area contributed by atoms with Gasteiger partial charge in [0.15, 0.2) is 18.1 Å². The van der Waals surface area contributed by atoms with Gasteiger partial charge in [0.2, 0.25) is 11.8 Å². The van der Waals surface area contributed by atoms with Crippen LogP contribution in [0.3, 0.4) is 0 Å². The van der Waals surface area contributed by atoms with Crippen LogP contribution in [0.5, 0.6) is 11.5 Å². The van der Waals surface area contributed by atoms with Gasteiger partial charge in [0.1, 0.15) is 12.2 Å². The molecule has 0 saturated carbocycles. The molecule has 0 radical (unpaired) electrons. The number of benzene rings is 3. The Morgan fingerprint density at radius 3 is 2.42 bits per heavy atom. The molecule has 0 heterocycles. The second-order valence-electron chi connectivity index (χ2n) is 7.25. The molecule has 186 valence electrons. The molecule has 0 aliphatic carbocycles. The molecular formula is C25H22ClFN4O5. The Morgan fingerprint density at radius 2 is 1.69 bits per heavy atom. The number of nitrogens with one attached hydrogen (secondary N) is 3. The molecule has 0 spiro atoms. The molecule has 0 atom stereocenters. The number of ether oxygens (including phenoxy) is 2. The summed E-state index contributed by atoms with van der Waals surface area (Å²) in [7, 11) is 1.42. The molecule has 3 aromatic rings. The van der Waals surface area contributed by atoms with Crippen LogP contribution >= 0.6 is 11.6 Å². The van der Waals surface area contributed by atoms with Gasteiger partial charge in [0.25, 0.3) is 5.91 Å². The van der Waals surface area contributed by atoms with E-state index in [4.69, 9.17) is 21.1 Å². The molecule has 0 aliphatic rings. The summed E-state index contributed by atoms with van der Waals surface area (Å²) >= 11 is 5.79. The molecule has 0 bridgehead atoms. The molecule has 3 rings (SSSR count). The minimum Gasteiger partial charge on any atom is -0.493 e. The van der Waals surface area contributed by atoms with Crippen LogP contribution in [0.2, 0.25) is 5.02 Å². The van der Waals surface area contributed by atoms with Crippen LogP contribution in [0.4, 0.5) is 15.8 Å². The number of anilines is 2. The van der Waals surface area contributed by atoms with E-state index < -0.39 is 30.0 Å². The van der Waals surface area contributed by atoms with E-state index in [1.165, 1.54) is 31.5 Å². The molecule has 0 unspecified atom stereocenters. The normalized spacial score (nSPS) is 10.5. The van der Waals surface area contributed by atoms with Gasteiger partial charge in [-0.2, -0.15) is 5.10 Å². The highest BCUT2D eigenvalue weighted by Gasteiger charge is 2.11. The van der Waals surface area contributed by atoms with Crippen molar-refractivity contribution in [2.75, 3.05) is 24.4 Å². The zero-order chi connectivity index (χ0) is 25.9. The first-order chi connectivity index (χ1) is 17.3. The predicted molar refractivity (Wildman–Crippen MR) is 134 cm³/mol. The van der Waals surface area contributed by atoms with Crippen LogP contribution in [0.15, 0.2) is 71.8 Å². The maximum Gasteiger partial charge on any atom is 0.262 e. The average molecular weight is 513 g/mol. The van der Waals surface area contributed by atoms with E-state index in [1.807, 2.05) is 0 Å². The first-order valence-corrected chi connectivity index (χ1v) is 10.9. The van der Waals surface area contributed by atoms with Gasteiger partial charge in [-0.15, -0.1) is 0 Å². The van der Waals surface area contributed by atoms with Crippen molar-refractivity contribution in [1.82, 2.24) is 5.43 Å². The van der Waals surface area contributed by atoms with E-state index in [9.17, 15) is 18.8 Å². The summed E-state index contributed by atoms with van der Waals surface area (Å²) in [5, 5.41) is 9.36. The summed E-state index contributed by atoms with van der Waals surface area (Å²) in [5.41, 5.74) is 3.39. The second-order valence-corrected chi connectivity index (χ2v) is 7.69. The third kappa shape index (κ3) is 8.10. The Hall–Kier alpha value is -4.44. The van der Waals surface area contributed by atoms with Crippen LogP contribution in [0, 0.1) is 5.82 Å². The van der Waals surface area contributed by atoms with E-state index in [0.29, 0.717) is 22.0 Å². The lowest BCUT2D eigenvalue weighted by Gasteiger charge is -2.11. The van der Waals surface area contributed by atoms with Crippen LogP contribution in [-0.4, -0.2) is 37.7 Å². The highest BCUT2D eigenvalue weighted by molar-refractivity contribution is 6.30. The summed E-state index contributed by atoms with van der Waals surface area (Å²) in [4.78, 5) is 36.0. The quantitative estimate of drug-likeness (QED) is 0.216. The number of rotatable bonds is 10. The molecule has 36 heavy (non-hydrogen) atoms. The molecule has 3 N–H and O–H groups in total. The standard InChI is InChI=1S/C25H22ClFN4O5/c1-35-22-12-16(6-11-21(22)36-15-25(34)30-20-5-3-2-4-19(20)27)14-28-31-24(33)13-23(32)29-18-9-7-17(26)8-10-18/h2-12,14H,13,15H2,1H3,(H,29,32)(H,30,34)(H,31,33). The zero-order valence-corrected chi connectivity index (χ0v) is 19.8. The van der Waals surface area contributed by atoms with Crippen LogP contribution < -0.4 is 25.5 Å². The third-order valence-electron chi connectivity index (χ3n) is 4.55. The van der Waals surface area contributed by atoms with Gasteiger partial charge < -0.3 is 20.1 Å². The monoisotopic (exact) mass is 512 g/mol. The SMILES string of the molecule is COc1cc(C=NNC(=O)CC(=O)Nc2ccc(Cl)cc2)ccc1OCC(=O)Nc1ccccc1F. The number of para-hydroxylation sites is 1. The zero-order valence-electron chi connectivity index (χ0n) is 19.1. The lowest BCUT2D eigenvalue weighted by Crippen LogP contribution is -2.24. The Morgan fingerprint density at radius 1 is 0.944 bits per heavy atom. The van der Waals surface area contributed by atoms with E-state index in [2.05, 4.69) is 21.2 Å². The third-order valence-corrected chi connectivity index (χ3v) is 4.80. The van der Waals surface area contributed by atoms with Crippen LogP contribution in [-0.2, 0) is 14.4 Å². The van der Waals surface area contributed by atoms with Crippen LogP contribution in [0.1, 0.15) is 12.0 Å². The van der Waals surface area contributed by atoms with Gasteiger partial charge in [-0.1, -0.05) is 23.7 Å². The fourth-order valence-corrected chi connectivity index (χ4v) is 3.00. The Kier molecular flexibility index (Phi) is 9.35. The fraction of sp³-hybridized carbons (Fsp3) is 0.120. The van der Waals surface area contributed by atoms with Gasteiger partial charge in [-0.3, -0.25) is 14.4 Å². The van der Waals surface area contributed by atoms with E-state index >= 15 is 0 Å². The van der Waals surface area contributed by atoms with E-state index in [1.54, 1.807) is 48.5 Å². The van der Waals surface area contributed by atoms with Crippen molar-refractivity contribution in [3.05, 3.63) is 83.1 Å². The minimum absolute atomic E-state index is 0.0501. The highest BCUT2D eigenvalue weighted by atomic mass is 35.5. The number of carbonyl (C=O) groups is 3. The first kappa shape index (κ1) is 26.2. The van der Waals surface area contributed by atoms with Gasteiger partial charge >= 0.3 is 0 Å². The largest absolute Gasteiger partial charge is 0.493 e. The molecule has 0 aliphatic heterocycles. The van der Waals surface area contributed by atoms with Crippen molar-refractivity contribution < 1.29 is 28.2 Å². The summed E-state index contributed by atoms with van der Waals surface area (Å²) in [5.74, 6) is -1.62. The van der Waals surface area contributed by atoms with Gasteiger partial charge in [-0.25, -0.2) is 9.82 Å². The summed E-state index contributed by atoms with van der Waals surface area (Å²) in [6.07, 6.45) is 0.928. The average Bonchev–Trinajstić information content (AvgIpc) is 2.85. The molecular weight excluding hydrogens is 491 g/mol. The maximum absolute atomic E-state index is 13.7. The lowest BCUT2D eigenvalue weighted by molar-refractivity contribution is -0.126. The van der Waals surface area contributed by atoms with E-state index in [-0.39, 0.29) is 18.0 Å². The molecule has 3 amide bonds. The molecule has 11 heteroatoms. The fourth-order valence-electron chi connectivity index (χ4n) is 2.88. The number of methoxy groups -OCH3 is 1. The maximum atomic E-state index is 13.7. The number of hydrogen-bond donors (Lipinski definition) is 3. The van der Waals surface area contributed by atoms with Crippen molar-refractivity contribution >= 4 is 46.9 Å². The number of hydrazone groups is 1. The summed E-state index contributed by atoms with van der Waals surface area (Å²) in [6.45, 7) is -0.369. The number of nitrogens with zero attached hydrogens (tertiary/aromatic N) is 1. The van der Waals surface area contributed by atoms with Crippen molar-refractivity contribution in [2.24, 2.45) is 5.10 Å². The van der Waals surface area contributed by atoms with Gasteiger partial charge in [0.05, 0.1) is 19.0 Å². The Bertz CT molecular complexity index is 1270. The molecule has 0 aromatic heterocycles. The number of amides is 3. The summed E-state index contributed by atoms with van der Waals surface area (Å²) < 4.78 is 24.4. The number of carbonyl (C=O) groups excluding carboxylic acids is 3. The van der Waals surface area contributed by atoms with Crippen LogP contribution in [0.25, 0.3) is 0 Å².